The van der Waals surface area contributed by atoms with Gasteiger partial charge in [-0.2, -0.15) is 43.9 Å². The highest BCUT2D eigenvalue weighted by molar-refractivity contribution is 4.88. The molecule has 110 valence electrons. The van der Waals surface area contributed by atoms with Gasteiger partial charge in [0.05, 0.1) is 0 Å². The molecule has 0 atom stereocenters. The molecular formula is C4F10N2O2-2. The molecule has 0 amide bonds. The number of rotatable bonds is 3. The molecule has 0 N–H and O–H groups in total. The molecule has 0 rings (SSSR count). The van der Waals surface area contributed by atoms with E-state index in [9.17, 15) is 54.3 Å². The van der Waals surface area contributed by atoms with E-state index in [-0.39, 0.29) is 0 Å². The number of nitrogens with zero attached hydrogens (tertiary/aromatic N) is 2. The zero-order valence-corrected chi connectivity index (χ0v) is 7.49. The van der Waals surface area contributed by atoms with E-state index in [0.29, 0.717) is 0 Å². The first-order valence-electron chi connectivity index (χ1n) is 3.40. The van der Waals surface area contributed by atoms with E-state index < -0.39 is 34.8 Å². The van der Waals surface area contributed by atoms with Crippen LogP contribution in [0.3, 0.4) is 0 Å². The van der Waals surface area contributed by atoms with Crippen molar-refractivity contribution in [3.8, 4) is 0 Å². The third-order valence-electron chi connectivity index (χ3n) is 1.33. The summed E-state index contributed by atoms with van der Waals surface area (Å²) in [5.41, 5.74) is 0. The summed E-state index contributed by atoms with van der Waals surface area (Å²) in [4.78, 5) is 0. The molecule has 0 heterocycles. The van der Waals surface area contributed by atoms with Gasteiger partial charge in [0, 0.05) is 0 Å². The van der Waals surface area contributed by atoms with Crippen LogP contribution < -0.4 is 0 Å². The van der Waals surface area contributed by atoms with E-state index in [2.05, 4.69) is 0 Å². The topological polar surface area (TPSA) is 52.6 Å². The summed E-state index contributed by atoms with van der Waals surface area (Å²) < 4.78 is 118. The van der Waals surface area contributed by atoms with Gasteiger partial charge in [-0.1, -0.05) is 0 Å². The van der Waals surface area contributed by atoms with Crippen LogP contribution in [0.15, 0.2) is 0 Å². The number of hydrogen-bond donors (Lipinski definition) is 0. The lowest BCUT2D eigenvalue weighted by Gasteiger charge is -2.47. The maximum Gasteiger partial charge on any atom is 0.452 e. The van der Waals surface area contributed by atoms with Gasteiger partial charge in [-0.3, -0.25) is 0 Å². The molecule has 14 heteroatoms. The lowest BCUT2D eigenvalue weighted by Crippen LogP contribution is -2.64. The Bertz CT molecular complexity index is 267. The maximum absolute atomic E-state index is 12.3. The molecule has 0 aromatic carbocycles. The predicted octanol–water partition coefficient (Wildman–Crippen LogP) is 2.81. The molecular weight excluding hydrogens is 298 g/mol. The summed E-state index contributed by atoms with van der Waals surface area (Å²) in [6.07, 6.45) is -13.3. The molecule has 0 bridgehead atoms. The Morgan fingerprint density at radius 2 is 0.667 bits per heavy atom. The second-order valence-electron chi connectivity index (χ2n) is 2.61. The Labute approximate surface area is 90.5 Å². The summed E-state index contributed by atoms with van der Waals surface area (Å²) >= 11 is 0. The molecule has 0 spiro atoms. The molecule has 0 fully saturated rings. The molecule has 18 heavy (non-hydrogen) atoms. The Balaban J connectivity index is 5.46. The molecule has 0 saturated carbocycles. The summed E-state index contributed by atoms with van der Waals surface area (Å²) in [7, 11) is 0. The van der Waals surface area contributed by atoms with Gasteiger partial charge in [-0.15, -0.1) is 0 Å². The minimum atomic E-state index is -6.97. The van der Waals surface area contributed by atoms with Crippen molar-refractivity contribution in [3.63, 3.8) is 0 Å². The molecule has 0 aliphatic rings. The van der Waals surface area contributed by atoms with Crippen molar-refractivity contribution in [1.29, 1.82) is 0 Å². The standard InChI is InChI=1S/C4F10N2O2/c5-1(6,15(17)3(9,10)11)2(7,8)16(18)4(12,13)14/q-2. The van der Waals surface area contributed by atoms with Crippen molar-refractivity contribution < 1.29 is 43.9 Å². The largest absolute Gasteiger partial charge is 0.775 e. The highest BCUT2D eigenvalue weighted by atomic mass is 19.4. The zero-order valence-electron chi connectivity index (χ0n) is 7.49. The van der Waals surface area contributed by atoms with Crippen LogP contribution in [0, 0.1) is 10.4 Å². The highest BCUT2D eigenvalue weighted by Gasteiger charge is 2.67. The van der Waals surface area contributed by atoms with E-state index in [0.717, 1.165) is 0 Å². The Morgan fingerprint density at radius 3 is 0.778 bits per heavy atom. The SMILES string of the molecule is [O-]N(C(F)(F)F)C(F)(F)C(F)(F)N([O-])C(F)(F)F. The maximum atomic E-state index is 12.3. The van der Waals surface area contributed by atoms with Crippen LogP contribution >= 0.6 is 0 Å². The second-order valence-corrected chi connectivity index (χ2v) is 2.61. The van der Waals surface area contributed by atoms with Crippen LogP contribution in [-0.2, 0) is 0 Å². The van der Waals surface area contributed by atoms with Crippen LogP contribution in [-0.4, -0.2) is 34.8 Å². The van der Waals surface area contributed by atoms with Gasteiger partial charge in [0.2, 0.25) is 0 Å². The van der Waals surface area contributed by atoms with Gasteiger partial charge < -0.3 is 10.4 Å². The fourth-order valence-electron chi connectivity index (χ4n) is 0.563. The second kappa shape index (κ2) is 4.36. The Hall–Kier alpha value is -0.860. The Morgan fingerprint density at radius 1 is 0.500 bits per heavy atom. The molecule has 0 aromatic rings. The number of hydrogen-bond acceptors (Lipinski definition) is 4. The molecule has 0 aliphatic heterocycles. The summed E-state index contributed by atoms with van der Waals surface area (Å²) in [5, 5.41) is 12.5. The first-order valence-corrected chi connectivity index (χ1v) is 3.40. The van der Waals surface area contributed by atoms with E-state index >= 15 is 0 Å². The highest BCUT2D eigenvalue weighted by Crippen LogP contribution is 2.46. The van der Waals surface area contributed by atoms with Crippen molar-refractivity contribution in [2.45, 2.75) is 24.7 Å². The fraction of sp³-hybridized carbons (Fsp3) is 1.00. The fourth-order valence-corrected chi connectivity index (χ4v) is 0.563. The van der Waals surface area contributed by atoms with E-state index in [4.69, 9.17) is 0 Å². The minimum Gasteiger partial charge on any atom is -0.775 e. The quantitative estimate of drug-likeness (QED) is 0.457. The molecule has 0 radical (unpaired) electrons. The van der Waals surface area contributed by atoms with E-state index in [1.807, 2.05) is 0 Å². The van der Waals surface area contributed by atoms with Gasteiger partial charge in [0.15, 0.2) is 0 Å². The third-order valence-corrected chi connectivity index (χ3v) is 1.33. The zero-order chi connectivity index (χ0) is 15.2. The van der Waals surface area contributed by atoms with Gasteiger partial charge in [-0.25, -0.2) is 10.1 Å². The smallest absolute Gasteiger partial charge is 0.452 e. The summed E-state index contributed by atoms with van der Waals surface area (Å²) in [5.74, 6) is 0. The first-order chi connectivity index (χ1) is 7.56. The molecule has 0 aromatic heterocycles. The van der Waals surface area contributed by atoms with Crippen LogP contribution in [0.25, 0.3) is 0 Å². The number of halogens is 10. The minimum absolute atomic E-state index is 3.54. The van der Waals surface area contributed by atoms with E-state index in [1.54, 1.807) is 0 Å². The van der Waals surface area contributed by atoms with Crippen molar-refractivity contribution in [1.82, 2.24) is 10.1 Å². The molecule has 4 nitrogen and oxygen atoms in total. The van der Waals surface area contributed by atoms with Gasteiger partial charge in [0.25, 0.3) is 0 Å². The van der Waals surface area contributed by atoms with Gasteiger partial charge >= 0.3 is 24.7 Å². The first kappa shape index (κ1) is 17.1. The average Bonchev–Trinajstić information content (AvgIpc) is 2.12. The summed E-state index contributed by atoms with van der Waals surface area (Å²) in [6, 6.07) is -13.9. The lowest BCUT2D eigenvalue weighted by atomic mass is 10.4. The number of alkyl halides is 10. The van der Waals surface area contributed by atoms with Crippen LogP contribution in [0.2, 0.25) is 0 Å². The Kier molecular flexibility index (Phi) is 4.15. The monoisotopic (exact) mass is 298 g/mol. The van der Waals surface area contributed by atoms with E-state index in [1.165, 1.54) is 0 Å². The van der Waals surface area contributed by atoms with Gasteiger partial charge in [0.1, 0.15) is 0 Å². The third kappa shape index (κ3) is 2.93. The van der Waals surface area contributed by atoms with Crippen LogP contribution in [0.1, 0.15) is 0 Å². The summed E-state index contributed by atoms with van der Waals surface area (Å²) in [6.45, 7) is 0. The van der Waals surface area contributed by atoms with Gasteiger partial charge in [-0.05, 0) is 0 Å². The van der Waals surface area contributed by atoms with Crippen molar-refractivity contribution in [2.24, 2.45) is 0 Å². The predicted molar refractivity (Wildman–Crippen MR) is 32.4 cm³/mol. The lowest BCUT2D eigenvalue weighted by molar-refractivity contribution is -0.425. The molecule has 0 unspecified atom stereocenters. The van der Waals surface area contributed by atoms with Crippen molar-refractivity contribution >= 4 is 0 Å². The molecule has 0 saturated heterocycles. The normalized spacial score (nSPS) is 15.7. The average molecular weight is 298 g/mol. The van der Waals surface area contributed by atoms with Crippen molar-refractivity contribution in [2.75, 3.05) is 0 Å². The van der Waals surface area contributed by atoms with Crippen molar-refractivity contribution in [3.05, 3.63) is 10.4 Å². The van der Waals surface area contributed by atoms with Crippen LogP contribution in [0.5, 0.6) is 0 Å². The molecule has 0 aliphatic carbocycles. The number of hydroxylamine groups is 4. The van der Waals surface area contributed by atoms with Crippen LogP contribution in [0.4, 0.5) is 43.9 Å².